The Balaban J connectivity index is -0.0000000886. The number of halogens is 2. The Bertz CT molecular complexity index is 62.8. The maximum atomic E-state index is 9.00. The number of carbonyl (C=O) groups is 1. The van der Waals surface area contributed by atoms with E-state index in [-0.39, 0.29) is 5.34 Å². The highest BCUT2D eigenvalue weighted by Crippen LogP contribution is 1.73. The fourth-order valence-corrected chi connectivity index (χ4v) is 0. The van der Waals surface area contributed by atoms with Crippen LogP contribution < -0.4 is 0 Å². The number of carboxylic acid groups (broad SMARTS) is 1. The zero-order valence-electron chi connectivity index (χ0n) is 6.68. The highest BCUT2D eigenvalue weighted by Gasteiger charge is 1.65. The Hall–Kier alpha value is 0.01000. The highest BCUT2D eigenvalue weighted by atomic mass is 35.5. The fraction of sp³-hybridized carbons (Fsp3) is 0.833. The van der Waals surface area contributed by atoms with Gasteiger partial charge in [-0.25, -0.2) is 0 Å². The lowest BCUT2D eigenvalue weighted by Crippen LogP contribution is -1.78. The van der Waals surface area contributed by atoms with Crippen LogP contribution in [0.25, 0.3) is 0 Å². The van der Waals surface area contributed by atoms with Gasteiger partial charge < -0.3 is 10.2 Å². The Labute approximate surface area is 76.9 Å². The number of hydrogen-bond acceptors (Lipinski definition) is 2. The van der Waals surface area contributed by atoms with Crippen molar-refractivity contribution in [2.45, 2.75) is 20.3 Å². The number of aliphatic hydroxyl groups excluding tert-OH is 1. The van der Waals surface area contributed by atoms with Crippen LogP contribution in [0.4, 0.5) is 0 Å². The van der Waals surface area contributed by atoms with Crippen molar-refractivity contribution in [2.75, 3.05) is 11.9 Å². The van der Waals surface area contributed by atoms with Crippen LogP contribution in [0.3, 0.4) is 0 Å². The molecule has 70 valence electrons. The standard InChI is InChI=1S/C3H8O.C2H4O2.CH2Cl2/c1-2-3-4;1-2(3)4;2-1-3/h4H,2-3H2,1H3;1H3,(H,3,4);1H2. The first kappa shape index (κ1) is 17.2. The van der Waals surface area contributed by atoms with E-state index in [1.807, 2.05) is 6.92 Å². The minimum Gasteiger partial charge on any atom is -0.481 e. The van der Waals surface area contributed by atoms with Gasteiger partial charge in [-0.15, -0.1) is 23.2 Å². The third-order valence-electron chi connectivity index (χ3n) is 0.224. The van der Waals surface area contributed by atoms with E-state index >= 15 is 0 Å². The number of hydrogen-bond donors (Lipinski definition) is 2. The summed E-state index contributed by atoms with van der Waals surface area (Å²) in [6, 6.07) is 0. The third-order valence-corrected chi connectivity index (χ3v) is 0.224. The summed E-state index contributed by atoms with van der Waals surface area (Å²) in [4.78, 5) is 9.00. The second-order valence-electron chi connectivity index (χ2n) is 1.34. The number of alkyl halides is 2. The minimum atomic E-state index is -0.833. The van der Waals surface area contributed by atoms with Crippen LogP contribution >= 0.6 is 23.2 Å². The number of aliphatic carboxylic acids is 1. The van der Waals surface area contributed by atoms with Gasteiger partial charge in [0.1, 0.15) is 0 Å². The molecular weight excluding hydrogens is 191 g/mol. The lowest BCUT2D eigenvalue weighted by Gasteiger charge is -1.69. The third kappa shape index (κ3) is 630. The largest absolute Gasteiger partial charge is 0.481 e. The summed E-state index contributed by atoms with van der Waals surface area (Å²) in [5.41, 5.74) is 0. The van der Waals surface area contributed by atoms with Gasteiger partial charge in [-0.2, -0.15) is 0 Å². The van der Waals surface area contributed by atoms with E-state index in [1.165, 1.54) is 0 Å². The van der Waals surface area contributed by atoms with E-state index in [2.05, 4.69) is 0 Å². The van der Waals surface area contributed by atoms with Crippen molar-refractivity contribution in [3.05, 3.63) is 0 Å². The average molecular weight is 205 g/mol. The van der Waals surface area contributed by atoms with Gasteiger partial charge in [-0.3, -0.25) is 4.79 Å². The van der Waals surface area contributed by atoms with Gasteiger partial charge in [0.15, 0.2) is 0 Å². The quantitative estimate of drug-likeness (QED) is 0.642. The van der Waals surface area contributed by atoms with Crippen molar-refractivity contribution < 1.29 is 15.0 Å². The van der Waals surface area contributed by atoms with Gasteiger partial charge in [0.05, 0.1) is 5.34 Å². The van der Waals surface area contributed by atoms with Gasteiger partial charge >= 0.3 is 0 Å². The summed E-state index contributed by atoms with van der Waals surface area (Å²) < 4.78 is 0. The molecule has 0 heterocycles. The Morgan fingerprint density at radius 1 is 1.45 bits per heavy atom. The predicted molar refractivity (Wildman–Crippen MR) is 47.3 cm³/mol. The molecule has 0 spiro atoms. The van der Waals surface area contributed by atoms with Gasteiger partial charge in [0.2, 0.25) is 0 Å². The summed E-state index contributed by atoms with van der Waals surface area (Å²) >= 11 is 9.53. The number of rotatable bonds is 1. The molecule has 0 aliphatic rings. The molecule has 0 radical (unpaired) electrons. The SMILES string of the molecule is CC(=O)O.CCCO.ClCCl. The summed E-state index contributed by atoms with van der Waals surface area (Å²) in [6.07, 6.45) is 0.875. The maximum absolute atomic E-state index is 9.00. The molecule has 0 rings (SSSR count). The van der Waals surface area contributed by atoms with Crippen molar-refractivity contribution in [3.63, 3.8) is 0 Å². The molecule has 0 amide bonds. The fourth-order valence-electron chi connectivity index (χ4n) is 0. The summed E-state index contributed by atoms with van der Waals surface area (Å²) in [5, 5.41) is 15.5. The van der Waals surface area contributed by atoms with E-state index in [1.54, 1.807) is 0 Å². The molecule has 0 aliphatic carbocycles. The van der Waals surface area contributed by atoms with E-state index in [9.17, 15) is 0 Å². The summed E-state index contributed by atoms with van der Waals surface area (Å²) in [6.45, 7) is 3.33. The second kappa shape index (κ2) is 22.5. The lowest BCUT2D eigenvalue weighted by molar-refractivity contribution is -0.134. The Morgan fingerprint density at radius 2 is 1.55 bits per heavy atom. The zero-order chi connectivity index (χ0) is 9.70. The Kier molecular flexibility index (Phi) is 35.2. The van der Waals surface area contributed by atoms with Crippen LogP contribution in [0, 0.1) is 0 Å². The first-order chi connectivity index (χ1) is 5.06. The molecule has 0 aromatic heterocycles. The molecular formula is C6H14Cl2O3. The predicted octanol–water partition coefficient (Wildman–Crippen LogP) is 1.90. The van der Waals surface area contributed by atoms with Crippen molar-refractivity contribution >= 4 is 29.2 Å². The molecule has 0 saturated carbocycles. The molecule has 0 aliphatic heterocycles. The van der Waals surface area contributed by atoms with Crippen molar-refractivity contribution in [3.8, 4) is 0 Å². The van der Waals surface area contributed by atoms with Crippen molar-refractivity contribution in [1.82, 2.24) is 0 Å². The van der Waals surface area contributed by atoms with Crippen LogP contribution in [0.1, 0.15) is 20.3 Å². The normalized spacial score (nSPS) is 6.64. The topological polar surface area (TPSA) is 57.5 Å². The molecule has 0 aromatic carbocycles. The van der Waals surface area contributed by atoms with Crippen LogP contribution in [0.5, 0.6) is 0 Å². The van der Waals surface area contributed by atoms with E-state index in [0.717, 1.165) is 13.3 Å². The molecule has 0 bridgehead atoms. The molecule has 2 N–H and O–H groups in total. The van der Waals surface area contributed by atoms with Gasteiger partial charge in [-0.05, 0) is 6.42 Å². The lowest BCUT2D eigenvalue weighted by atomic mass is 10.5. The molecule has 11 heavy (non-hydrogen) atoms. The smallest absolute Gasteiger partial charge is 0.300 e. The minimum absolute atomic E-state index is 0.194. The molecule has 3 nitrogen and oxygen atoms in total. The maximum Gasteiger partial charge on any atom is 0.300 e. The molecule has 0 fully saturated rings. The Morgan fingerprint density at radius 3 is 1.55 bits per heavy atom. The van der Waals surface area contributed by atoms with E-state index in [0.29, 0.717) is 6.61 Å². The van der Waals surface area contributed by atoms with Gasteiger partial charge in [0.25, 0.3) is 5.97 Å². The second-order valence-corrected chi connectivity index (χ2v) is 2.15. The van der Waals surface area contributed by atoms with Crippen molar-refractivity contribution in [1.29, 1.82) is 0 Å². The average Bonchev–Trinajstić information content (AvgIpc) is 1.88. The van der Waals surface area contributed by atoms with Crippen LogP contribution in [-0.2, 0) is 4.79 Å². The first-order valence-electron chi connectivity index (χ1n) is 2.99. The van der Waals surface area contributed by atoms with Gasteiger partial charge in [-0.1, -0.05) is 6.92 Å². The van der Waals surface area contributed by atoms with Crippen LogP contribution in [0.15, 0.2) is 0 Å². The van der Waals surface area contributed by atoms with E-state index in [4.69, 9.17) is 38.2 Å². The van der Waals surface area contributed by atoms with Crippen LogP contribution in [0.2, 0.25) is 0 Å². The highest BCUT2D eigenvalue weighted by molar-refractivity contribution is 6.40. The monoisotopic (exact) mass is 204 g/mol. The summed E-state index contributed by atoms with van der Waals surface area (Å²) in [5.74, 6) is -0.833. The molecule has 0 aromatic rings. The van der Waals surface area contributed by atoms with Gasteiger partial charge in [0, 0.05) is 13.5 Å². The van der Waals surface area contributed by atoms with E-state index < -0.39 is 5.97 Å². The molecule has 0 atom stereocenters. The molecule has 0 unspecified atom stereocenters. The zero-order valence-corrected chi connectivity index (χ0v) is 8.19. The number of carboxylic acids is 1. The summed E-state index contributed by atoms with van der Waals surface area (Å²) in [7, 11) is 0. The number of aliphatic hydroxyl groups is 1. The van der Waals surface area contributed by atoms with Crippen molar-refractivity contribution in [2.24, 2.45) is 0 Å². The van der Waals surface area contributed by atoms with Crippen LogP contribution in [-0.4, -0.2) is 28.1 Å². The first-order valence-corrected chi connectivity index (χ1v) is 4.05. The molecule has 5 heteroatoms. The molecule has 0 saturated heterocycles.